The smallest absolute Gasteiger partial charge is 0.254 e. The largest absolute Gasteiger partial charge is 0.322 e. The lowest BCUT2D eigenvalue weighted by molar-refractivity contribution is -0.142. The van der Waals surface area contributed by atoms with E-state index in [0.717, 1.165) is 36.8 Å². The summed E-state index contributed by atoms with van der Waals surface area (Å²) in [4.78, 5) is 38.0. The molecule has 3 fully saturated rings. The fraction of sp³-hybridized carbons (Fsp3) is 0.571. The van der Waals surface area contributed by atoms with Gasteiger partial charge in [-0.1, -0.05) is 24.3 Å². The first-order chi connectivity index (χ1) is 12.9. The zero-order valence-electron chi connectivity index (χ0n) is 16.2. The van der Waals surface area contributed by atoms with Crippen LogP contribution in [0.2, 0.25) is 0 Å². The lowest BCUT2D eigenvalue weighted by Gasteiger charge is -2.29. The Balaban J connectivity index is 1.73. The number of amides is 3. The number of nitrogens with one attached hydrogen (secondary N) is 2. The summed E-state index contributed by atoms with van der Waals surface area (Å²) >= 11 is 0. The molecule has 2 N–H and O–H groups in total. The van der Waals surface area contributed by atoms with Crippen LogP contribution in [0.3, 0.4) is 0 Å². The van der Waals surface area contributed by atoms with E-state index in [0.29, 0.717) is 30.5 Å². The van der Waals surface area contributed by atoms with E-state index in [4.69, 9.17) is 0 Å². The lowest BCUT2D eigenvalue weighted by atomic mass is 9.81. The fourth-order valence-corrected chi connectivity index (χ4v) is 4.39. The van der Waals surface area contributed by atoms with Crippen molar-refractivity contribution < 1.29 is 14.4 Å². The molecule has 0 aromatic rings. The molecule has 3 aliphatic rings. The second kappa shape index (κ2) is 8.21. The molecular formula is C21H29N3O3. The fourth-order valence-electron chi connectivity index (χ4n) is 4.39. The molecule has 3 amide bonds. The molecular weight excluding hydrogens is 342 g/mol. The lowest BCUT2D eigenvalue weighted by Crippen LogP contribution is -2.52. The second-order valence-corrected chi connectivity index (χ2v) is 7.68. The van der Waals surface area contributed by atoms with Crippen LogP contribution in [0.4, 0.5) is 0 Å². The van der Waals surface area contributed by atoms with Gasteiger partial charge < -0.3 is 10.2 Å². The van der Waals surface area contributed by atoms with E-state index in [-0.39, 0.29) is 24.1 Å². The van der Waals surface area contributed by atoms with E-state index in [1.807, 2.05) is 26.1 Å². The summed E-state index contributed by atoms with van der Waals surface area (Å²) in [5.41, 5.74) is 2.63. The third kappa shape index (κ3) is 4.05. The van der Waals surface area contributed by atoms with Gasteiger partial charge in [-0.2, -0.15) is 0 Å². The van der Waals surface area contributed by atoms with Gasteiger partial charge in [-0.3, -0.25) is 19.7 Å². The zero-order chi connectivity index (χ0) is 19.6. The molecule has 1 aliphatic carbocycles. The topological polar surface area (TPSA) is 78.5 Å². The molecule has 3 rings (SSSR count). The normalized spacial score (nSPS) is 32.3. The predicted octanol–water partition coefficient (Wildman–Crippen LogP) is 1.84. The van der Waals surface area contributed by atoms with Crippen LogP contribution in [0, 0.1) is 5.92 Å². The van der Waals surface area contributed by atoms with Gasteiger partial charge in [-0.15, -0.1) is 0 Å². The van der Waals surface area contributed by atoms with Crippen molar-refractivity contribution in [3.05, 3.63) is 35.5 Å². The number of hydrogen-bond donors (Lipinski definition) is 2. The van der Waals surface area contributed by atoms with E-state index in [1.165, 1.54) is 0 Å². The molecule has 1 saturated carbocycles. The number of hydrogen-bond acceptors (Lipinski definition) is 4. The van der Waals surface area contributed by atoms with Gasteiger partial charge in [0.1, 0.15) is 6.04 Å². The Hall–Kier alpha value is -2.21. The second-order valence-electron chi connectivity index (χ2n) is 7.68. The summed E-state index contributed by atoms with van der Waals surface area (Å²) in [5.74, 6) is -0.333. The van der Waals surface area contributed by atoms with Crippen LogP contribution in [0.25, 0.3) is 0 Å². The maximum absolute atomic E-state index is 12.8. The van der Waals surface area contributed by atoms with Crippen LogP contribution >= 0.6 is 0 Å². The highest BCUT2D eigenvalue weighted by molar-refractivity contribution is 6.06. The molecule has 0 unspecified atom stereocenters. The van der Waals surface area contributed by atoms with Crippen LogP contribution in [-0.2, 0) is 14.4 Å². The van der Waals surface area contributed by atoms with Gasteiger partial charge in [0.2, 0.25) is 11.8 Å². The SMILES string of the molecule is C=C(/C=C1/CN([C@H]2CCC(=O)NC2=O)C(=O)/C1=C/C)C1CCC(NC)CC1. The van der Waals surface area contributed by atoms with Crippen LogP contribution in [0.1, 0.15) is 45.4 Å². The van der Waals surface area contributed by atoms with Crippen molar-refractivity contribution in [2.45, 2.75) is 57.5 Å². The van der Waals surface area contributed by atoms with Crippen molar-refractivity contribution >= 4 is 17.7 Å². The molecule has 146 valence electrons. The molecule has 0 aromatic heterocycles. The van der Waals surface area contributed by atoms with Crippen molar-refractivity contribution in [3.63, 3.8) is 0 Å². The molecule has 6 nitrogen and oxygen atoms in total. The monoisotopic (exact) mass is 371 g/mol. The Labute approximate surface area is 160 Å². The Morgan fingerprint density at radius 1 is 1.19 bits per heavy atom. The van der Waals surface area contributed by atoms with Crippen LogP contribution in [-0.4, -0.2) is 48.3 Å². The highest BCUT2D eigenvalue weighted by Crippen LogP contribution is 2.33. The predicted molar refractivity (Wildman–Crippen MR) is 104 cm³/mol. The summed E-state index contributed by atoms with van der Waals surface area (Å²) in [6, 6.07) is 0.0132. The van der Waals surface area contributed by atoms with Gasteiger partial charge in [0, 0.05) is 24.6 Å². The molecule has 2 heterocycles. The number of carbonyl (C=O) groups excluding carboxylic acids is 3. The Morgan fingerprint density at radius 2 is 1.89 bits per heavy atom. The maximum Gasteiger partial charge on any atom is 0.254 e. The first-order valence-electron chi connectivity index (χ1n) is 9.82. The third-order valence-electron chi connectivity index (χ3n) is 6.07. The van der Waals surface area contributed by atoms with E-state index in [9.17, 15) is 14.4 Å². The van der Waals surface area contributed by atoms with Gasteiger partial charge in [0.25, 0.3) is 5.91 Å². The van der Waals surface area contributed by atoms with Crippen LogP contribution < -0.4 is 10.6 Å². The molecule has 6 heteroatoms. The van der Waals surface area contributed by atoms with Crippen molar-refractivity contribution in [1.29, 1.82) is 0 Å². The van der Waals surface area contributed by atoms with Crippen molar-refractivity contribution in [1.82, 2.24) is 15.5 Å². The van der Waals surface area contributed by atoms with Gasteiger partial charge in [0.05, 0.1) is 0 Å². The molecule has 1 atom stereocenters. The number of carbonyl (C=O) groups is 3. The average Bonchev–Trinajstić information content (AvgIpc) is 2.96. The molecule has 0 aromatic carbocycles. The molecule has 0 spiro atoms. The summed E-state index contributed by atoms with van der Waals surface area (Å²) < 4.78 is 0. The summed E-state index contributed by atoms with van der Waals surface area (Å²) in [7, 11) is 2.01. The average molecular weight is 371 g/mol. The van der Waals surface area contributed by atoms with Crippen LogP contribution in [0.15, 0.2) is 35.5 Å². The molecule has 2 aliphatic heterocycles. The molecule has 2 saturated heterocycles. The van der Waals surface area contributed by atoms with Gasteiger partial charge in [-0.05, 0) is 57.6 Å². The third-order valence-corrected chi connectivity index (χ3v) is 6.07. The van der Waals surface area contributed by atoms with Gasteiger partial charge >= 0.3 is 0 Å². The van der Waals surface area contributed by atoms with Crippen molar-refractivity contribution in [2.24, 2.45) is 5.92 Å². The summed E-state index contributed by atoms with van der Waals surface area (Å²) in [6.45, 7) is 6.51. The Morgan fingerprint density at radius 3 is 2.48 bits per heavy atom. The summed E-state index contributed by atoms with van der Waals surface area (Å²) in [5, 5.41) is 5.68. The van der Waals surface area contributed by atoms with E-state index < -0.39 is 6.04 Å². The van der Waals surface area contributed by atoms with Gasteiger partial charge in [-0.25, -0.2) is 0 Å². The van der Waals surface area contributed by atoms with Crippen molar-refractivity contribution in [2.75, 3.05) is 13.6 Å². The first kappa shape index (κ1) is 19.5. The molecule has 0 bridgehead atoms. The minimum atomic E-state index is -0.574. The number of imide groups is 1. The van der Waals surface area contributed by atoms with Crippen LogP contribution in [0.5, 0.6) is 0 Å². The first-order valence-corrected chi connectivity index (χ1v) is 9.82. The van der Waals surface area contributed by atoms with E-state index in [2.05, 4.69) is 17.2 Å². The van der Waals surface area contributed by atoms with E-state index >= 15 is 0 Å². The Kier molecular flexibility index (Phi) is 5.95. The van der Waals surface area contributed by atoms with Gasteiger partial charge in [0.15, 0.2) is 0 Å². The number of rotatable bonds is 4. The minimum absolute atomic E-state index is 0.134. The number of likely N-dealkylation sites (tertiary alicyclic amines) is 1. The number of nitrogens with zero attached hydrogens (tertiary/aromatic N) is 1. The standard InChI is InChI=1S/C21H29N3O3/c1-4-17-15(11-13(2)14-5-7-16(22-3)8-6-14)12-24(21(17)27)18-9-10-19(25)23-20(18)26/h4,11,14,16,18,22H,2,5-10,12H2,1,3H3,(H,23,25,26)/b15-11-,17-4+/t14?,16?,18-/m0/s1. The van der Waals surface area contributed by atoms with E-state index in [1.54, 1.807) is 4.90 Å². The highest BCUT2D eigenvalue weighted by atomic mass is 16.2. The summed E-state index contributed by atoms with van der Waals surface area (Å²) in [6.07, 6.45) is 8.99. The maximum atomic E-state index is 12.8. The molecule has 0 radical (unpaired) electrons. The zero-order valence-corrected chi connectivity index (χ0v) is 16.2. The highest BCUT2D eigenvalue weighted by Gasteiger charge is 2.40. The Bertz CT molecular complexity index is 714. The minimum Gasteiger partial charge on any atom is -0.322 e. The number of piperidine rings is 1. The molecule has 27 heavy (non-hydrogen) atoms. The quantitative estimate of drug-likeness (QED) is 0.584. The number of allylic oxidation sites excluding steroid dienone is 3. The van der Waals surface area contributed by atoms with Crippen molar-refractivity contribution in [3.8, 4) is 0 Å².